The molecule has 1 atom stereocenters. The highest BCUT2D eigenvalue weighted by molar-refractivity contribution is 6.05. The van der Waals surface area contributed by atoms with E-state index in [0.29, 0.717) is 35.9 Å². The third-order valence-electron chi connectivity index (χ3n) is 5.61. The van der Waals surface area contributed by atoms with Gasteiger partial charge in [-0.25, -0.2) is 0 Å². The molecule has 2 aliphatic heterocycles. The van der Waals surface area contributed by atoms with Crippen LogP contribution in [0.1, 0.15) is 42.1 Å². The summed E-state index contributed by atoms with van der Waals surface area (Å²) in [5, 5.41) is 5.91. The summed E-state index contributed by atoms with van der Waals surface area (Å²) in [6.45, 7) is 3.68. The van der Waals surface area contributed by atoms with Gasteiger partial charge in [0.2, 0.25) is 5.91 Å². The number of benzene rings is 2. The molecule has 7 heteroatoms. The first-order valence-corrected chi connectivity index (χ1v) is 10.4. The predicted molar refractivity (Wildman–Crippen MR) is 115 cm³/mol. The number of carbonyl (C=O) groups is 2. The van der Waals surface area contributed by atoms with E-state index >= 15 is 0 Å². The van der Waals surface area contributed by atoms with Crippen LogP contribution < -0.4 is 25.0 Å². The highest BCUT2D eigenvalue weighted by Gasteiger charge is 2.34. The minimum absolute atomic E-state index is 0.0152. The fourth-order valence-electron chi connectivity index (χ4n) is 4.12. The van der Waals surface area contributed by atoms with Gasteiger partial charge in [0.05, 0.1) is 25.1 Å². The number of carbonyl (C=O) groups excluding carboxylic acids is 2. The lowest BCUT2D eigenvalue weighted by atomic mass is 9.97. The quantitative estimate of drug-likeness (QED) is 0.765. The Morgan fingerprint density at radius 1 is 1.20 bits per heavy atom. The molecule has 1 saturated heterocycles. The maximum absolute atomic E-state index is 12.7. The van der Waals surface area contributed by atoms with E-state index in [1.165, 1.54) is 0 Å². The van der Waals surface area contributed by atoms with E-state index in [2.05, 4.69) is 15.5 Å². The van der Waals surface area contributed by atoms with Gasteiger partial charge in [-0.15, -0.1) is 0 Å². The second kappa shape index (κ2) is 8.65. The first kappa shape index (κ1) is 20.1. The predicted octanol–water partition coefficient (Wildman–Crippen LogP) is 3.33. The lowest BCUT2D eigenvalue weighted by Gasteiger charge is -2.41. The molecule has 0 radical (unpaired) electrons. The highest BCUT2D eigenvalue weighted by Crippen LogP contribution is 2.36. The lowest BCUT2D eigenvalue weighted by molar-refractivity contribution is -0.118. The van der Waals surface area contributed by atoms with Crippen molar-refractivity contribution in [1.29, 1.82) is 0 Å². The van der Waals surface area contributed by atoms with Crippen molar-refractivity contribution < 1.29 is 19.1 Å². The van der Waals surface area contributed by atoms with Crippen molar-refractivity contribution in [1.82, 2.24) is 5.32 Å². The maximum atomic E-state index is 12.7. The number of fused-ring (bicyclic) bond motifs is 3. The van der Waals surface area contributed by atoms with Crippen LogP contribution in [0.25, 0.3) is 0 Å². The Labute approximate surface area is 176 Å². The summed E-state index contributed by atoms with van der Waals surface area (Å²) in [6, 6.07) is 11.0. The van der Waals surface area contributed by atoms with Crippen molar-refractivity contribution in [2.24, 2.45) is 0 Å². The monoisotopic (exact) mass is 409 g/mol. The zero-order valence-corrected chi connectivity index (χ0v) is 17.4. The van der Waals surface area contributed by atoms with Crippen molar-refractivity contribution in [2.75, 3.05) is 30.5 Å². The van der Waals surface area contributed by atoms with E-state index in [4.69, 9.17) is 9.47 Å². The molecule has 2 N–H and O–H groups in total. The molecule has 2 amide bonds. The van der Waals surface area contributed by atoms with Crippen LogP contribution in [0.5, 0.6) is 11.5 Å². The molecule has 2 aromatic carbocycles. The number of amides is 2. The van der Waals surface area contributed by atoms with Crippen LogP contribution in [0.3, 0.4) is 0 Å². The Kier molecular flexibility index (Phi) is 5.79. The molecule has 1 fully saturated rings. The average Bonchev–Trinajstić information content (AvgIpc) is 2.77. The normalized spacial score (nSPS) is 17.5. The molecule has 2 aliphatic rings. The van der Waals surface area contributed by atoms with Crippen molar-refractivity contribution in [2.45, 2.75) is 38.8 Å². The Morgan fingerprint density at radius 2 is 2.07 bits per heavy atom. The van der Waals surface area contributed by atoms with Crippen LogP contribution in [0.2, 0.25) is 0 Å². The molecule has 0 bridgehead atoms. The Balaban J connectivity index is 1.47. The molecule has 30 heavy (non-hydrogen) atoms. The number of hydrogen-bond donors (Lipinski definition) is 2. The molecule has 158 valence electrons. The fraction of sp³-hybridized carbons (Fsp3) is 0.391. The standard InChI is InChI=1S/C23H27N3O4/c1-3-30-21-12-15(7-10-20(21)29-2)14-24-22(27)16-8-9-18-17(13-16)25-23(28)19-6-4-5-11-26(18)19/h7-10,12-13,19H,3-6,11,14H2,1-2H3,(H,24,27)(H,25,28)/t19-/m0/s1. The van der Waals surface area contributed by atoms with Crippen molar-refractivity contribution >= 4 is 23.2 Å². The first-order valence-electron chi connectivity index (χ1n) is 10.4. The van der Waals surface area contributed by atoms with Crippen LogP contribution >= 0.6 is 0 Å². The summed E-state index contributed by atoms with van der Waals surface area (Å²) in [5.41, 5.74) is 3.12. The summed E-state index contributed by atoms with van der Waals surface area (Å²) in [5.74, 6) is 1.13. The summed E-state index contributed by atoms with van der Waals surface area (Å²) in [7, 11) is 1.60. The molecule has 0 saturated carbocycles. The van der Waals surface area contributed by atoms with Gasteiger partial charge in [-0.05, 0) is 62.1 Å². The minimum atomic E-state index is -0.193. The van der Waals surface area contributed by atoms with Gasteiger partial charge in [0.25, 0.3) is 5.91 Å². The zero-order valence-electron chi connectivity index (χ0n) is 17.4. The summed E-state index contributed by atoms with van der Waals surface area (Å²) >= 11 is 0. The van der Waals surface area contributed by atoms with Gasteiger partial charge in [-0.3, -0.25) is 9.59 Å². The number of methoxy groups -OCH3 is 1. The SMILES string of the molecule is CCOc1cc(CNC(=O)c2ccc3c(c2)NC(=O)[C@@H]2CCCCN32)ccc1OC. The summed E-state index contributed by atoms with van der Waals surface area (Å²) in [6.07, 6.45) is 3.02. The van der Waals surface area contributed by atoms with E-state index in [0.717, 1.165) is 37.1 Å². The van der Waals surface area contributed by atoms with Crippen LogP contribution in [0, 0.1) is 0 Å². The van der Waals surface area contributed by atoms with Gasteiger partial charge in [0.1, 0.15) is 6.04 Å². The molecule has 4 rings (SSSR count). The van der Waals surface area contributed by atoms with Crippen molar-refractivity contribution in [3.05, 3.63) is 47.5 Å². The summed E-state index contributed by atoms with van der Waals surface area (Å²) in [4.78, 5) is 27.3. The van der Waals surface area contributed by atoms with Crippen LogP contribution in [-0.4, -0.2) is 38.1 Å². The van der Waals surface area contributed by atoms with E-state index in [-0.39, 0.29) is 17.9 Å². The van der Waals surface area contributed by atoms with E-state index in [9.17, 15) is 9.59 Å². The van der Waals surface area contributed by atoms with E-state index < -0.39 is 0 Å². The molecule has 2 aromatic rings. The Bertz CT molecular complexity index is 959. The van der Waals surface area contributed by atoms with Gasteiger partial charge in [0.15, 0.2) is 11.5 Å². The number of nitrogens with one attached hydrogen (secondary N) is 2. The number of ether oxygens (including phenoxy) is 2. The topological polar surface area (TPSA) is 79.9 Å². The number of anilines is 2. The van der Waals surface area contributed by atoms with Gasteiger partial charge in [0, 0.05) is 18.7 Å². The van der Waals surface area contributed by atoms with Crippen LogP contribution in [0.15, 0.2) is 36.4 Å². The highest BCUT2D eigenvalue weighted by atomic mass is 16.5. The Morgan fingerprint density at radius 3 is 2.87 bits per heavy atom. The first-order chi connectivity index (χ1) is 14.6. The molecular weight excluding hydrogens is 382 g/mol. The summed E-state index contributed by atoms with van der Waals surface area (Å²) < 4.78 is 10.9. The molecule has 7 nitrogen and oxygen atoms in total. The zero-order chi connectivity index (χ0) is 21.1. The largest absolute Gasteiger partial charge is 0.493 e. The van der Waals surface area contributed by atoms with Crippen LogP contribution in [0.4, 0.5) is 11.4 Å². The number of piperidine rings is 1. The van der Waals surface area contributed by atoms with Crippen LogP contribution in [-0.2, 0) is 11.3 Å². The third-order valence-corrected chi connectivity index (χ3v) is 5.61. The second-order valence-corrected chi connectivity index (χ2v) is 7.53. The molecule has 0 spiro atoms. The smallest absolute Gasteiger partial charge is 0.251 e. The number of nitrogens with zero attached hydrogens (tertiary/aromatic N) is 1. The number of rotatable bonds is 6. The Hall–Kier alpha value is -3.22. The minimum Gasteiger partial charge on any atom is -0.493 e. The molecule has 0 aliphatic carbocycles. The van der Waals surface area contributed by atoms with Gasteiger partial charge < -0.3 is 25.0 Å². The molecule has 0 unspecified atom stereocenters. The van der Waals surface area contributed by atoms with Gasteiger partial charge in [-0.2, -0.15) is 0 Å². The molecular formula is C23H27N3O4. The molecule has 2 heterocycles. The third kappa shape index (κ3) is 3.92. The van der Waals surface area contributed by atoms with Crippen molar-refractivity contribution in [3.8, 4) is 11.5 Å². The second-order valence-electron chi connectivity index (χ2n) is 7.53. The van der Waals surface area contributed by atoms with Gasteiger partial charge >= 0.3 is 0 Å². The maximum Gasteiger partial charge on any atom is 0.251 e. The van der Waals surface area contributed by atoms with Gasteiger partial charge in [-0.1, -0.05) is 6.07 Å². The average molecular weight is 409 g/mol. The lowest BCUT2D eigenvalue weighted by Crippen LogP contribution is -2.50. The van der Waals surface area contributed by atoms with Crippen molar-refractivity contribution in [3.63, 3.8) is 0 Å². The fourth-order valence-corrected chi connectivity index (χ4v) is 4.12. The van der Waals surface area contributed by atoms with E-state index in [1.54, 1.807) is 13.2 Å². The number of hydrogen-bond acceptors (Lipinski definition) is 5. The molecule has 0 aromatic heterocycles. The van der Waals surface area contributed by atoms with E-state index in [1.807, 2.05) is 37.3 Å².